The van der Waals surface area contributed by atoms with E-state index < -0.39 is 0 Å². The van der Waals surface area contributed by atoms with Gasteiger partial charge in [0.25, 0.3) is 0 Å². The molecule has 156 valence electrons. The lowest BCUT2D eigenvalue weighted by Gasteiger charge is -2.31. The van der Waals surface area contributed by atoms with Crippen molar-refractivity contribution in [2.75, 3.05) is 19.9 Å². The smallest absolute Gasteiger partial charge is 0.231 e. The number of fused-ring (bicyclic) bond motifs is 2. The van der Waals surface area contributed by atoms with E-state index in [1.165, 1.54) is 5.56 Å². The van der Waals surface area contributed by atoms with Crippen molar-refractivity contribution in [2.24, 2.45) is 0 Å². The Morgan fingerprint density at radius 1 is 0.871 bits per heavy atom. The number of hydrogen-bond acceptors (Lipinski definition) is 6. The number of hydrogen-bond donors (Lipinski definition) is 0. The molecule has 0 bridgehead atoms. The molecule has 4 aromatic rings. The van der Waals surface area contributed by atoms with E-state index in [1.54, 1.807) is 0 Å². The van der Waals surface area contributed by atoms with Crippen LogP contribution in [0.4, 0.5) is 0 Å². The van der Waals surface area contributed by atoms with E-state index in [1.807, 2.05) is 40.9 Å². The van der Waals surface area contributed by atoms with Crippen LogP contribution < -0.4 is 9.47 Å². The maximum Gasteiger partial charge on any atom is 0.231 e. The molecule has 2 aromatic heterocycles. The zero-order chi connectivity index (χ0) is 20.6. The topological polar surface area (TPSA) is 64.8 Å². The predicted molar refractivity (Wildman–Crippen MR) is 116 cm³/mol. The van der Waals surface area contributed by atoms with Crippen molar-refractivity contribution >= 4 is 5.65 Å². The molecule has 2 aromatic carbocycles. The van der Waals surface area contributed by atoms with Crippen LogP contribution in [0.25, 0.3) is 16.9 Å². The van der Waals surface area contributed by atoms with Gasteiger partial charge in [-0.15, -0.1) is 10.2 Å². The first-order chi connectivity index (χ1) is 15.3. The fourth-order valence-electron chi connectivity index (χ4n) is 4.47. The summed E-state index contributed by atoms with van der Waals surface area (Å²) in [5, 5.41) is 13.7. The fraction of sp³-hybridized carbons (Fsp3) is 0.292. The second-order valence-electron chi connectivity index (χ2n) is 8.15. The van der Waals surface area contributed by atoms with Gasteiger partial charge in [-0.05, 0) is 55.8 Å². The summed E-state index contributed by atoms with van der Waals surface area (Å²) >= 11 is 0. The van der Waals surface area contributed by atoms with Gasteiger partial charge in [0.1, 0.15) is 0 Å². The molecule has 0 atom stereocenters. The van der Waals surface area contributed by atoms with E-state index >= 15 is 0 Å². The lowest BCUT2D eigenvalue weighted by molar-refractivity contribution is 0.173. The maximum atomic E-state index is 5.51. The molecule has 2 aliphatic rings. The summed E-state index contributed by atoms with van der Waals surface area (Å²) < 4.78 is 12.9. The molecule has 2 aliphatic heterocycles. The van der Waals surface area contributed by atoms with Crippen LogP contribution >= 0.6 is 0 Å². The molecular formula is C24H23N5O2. The Hall–Kier alpha value is -3.45. The van der Waals surface area contributed by atoms with Crippen molar-refractivity contribution < 1.29 is 9.47 Å². The molecule has 0 saturated carbocycles. The summed E-state index contributed by atoms with van der Waals surface area (Å²) in [5.41, 5.74) is 4.10. The molecule has 0 spiro atoms. The Morgan fingerprint density at radius 3 is 2.58 bits per heavy atom. The van der Waals surface area contributed by atoms with Crippen LogP contribution in [0.15, 0.2) is 60.7 Å². The molecule has 0 N–H and O–H groups in total. The minimum atomic E-state index is 0.316. The quantitative estimate of drug-likeness (QED) is 0.506. The first-order valence-electron chi connectivity index (χ1n) is 10.7. The summed E-state index contributed by atoms with van der Waals surface area (Å²) in [6.45, 7) is 3.27. The minimum absolute atomic E-state index is 0.316. The highest BCUT2D eigenvalue weighted by Gasteiger charge is 2.25. The third-order valence-electron chi connectivity index (χ3n) is 6.15. The molecule has 6 rings (SSSR count). The van der Waals surface area contributed by atoms with Crippen molar-refractivity contribution in [1.82, 2.24) is 24.7 Å². The molecule has 1 fully saturated rings. The number of aromatic nitrogens is 4. The number of rotatable bonds is 4. The van der Waals surface area contributed by atoms with Crippen molar-refractivity contribution in [3.8, 4) is 22.8 Å². The summed E-state index contributed by atoms with van der Waals surface area (Å²) in [5.74, 6) is 3.02. The zero-order valence-corrected chi connectivity index (χ0v) is 17.1. The molecular weight excluding hydrogens is 390 g/mol. The lowest BCUT2D eigenvalue weighted by atomic mass is 9.95. The number of benzene rings is 2. The van der Waals surface area contributed by atoms with Crippen molar-refractivity contribution in [3.05, 3.63) is 72.1 Å². The molecule has 0 aliphatic carbocycles. The fourth-order valence-corrected chi connectivity index (χ4v) is 4.47. The van der Waals surface area contributed by atoms with Gasteiger partial charge < -0.3 is 9.47 Å². The van der Waals surface area contributed by atoms with Gasteiger partial charge in [-0.25, -0.2) is 0 Å². The third kappa shape index (κ3) is 3.51. The molecule has 0 unspecified atom stereocenters. The average molecular weight is 413 g/mol. The Balaban J connectivity index is 1.17. The Morgan fingerprint density at radius 2 is 1.71 bits per heavy atom. The lowest BCUT2D eigenvalue weighted by Crippen LogP contribution is -2.33. The zero-order valence-electron chi connectivity index (χ0n) is 17.1. The molecule has 31 heavy (non-hydrogen) atoms. The summed E-state index contributed by atoms with van der Waals surface area (Å²) in [7, 11) is 0. The van der Waals surface area contributed by atoms with Gasteiger partial charge in [0.15, 0.2) is 23.0 Å². The van der Waals surface area contributed by atoms with Crippen LogP contribution in [0.5, 0.6) is 11.5 Å². The van der Waals surface area contributed by atoms with Gasteiger partial charge in [0, 0.05) is 18.0 Å². The second-order valence-corrected chi connectivity index (χ2v) is 8.15. The van der Waals surface area contributed by atoms with Gasteiger partial charge in [0.2, 0.25) is 6.79 Å². The van der Waals surface area contributed by atoms with Crippen LogP contribution in [-0.4, -0.2) is 44.6 Å². The van der Waals surface area contributed by atoms with Crippen molar-refractivity contribution in [1.29, 1.82) is 0 Å². The number of likely N-dealkylation sites (tertiary alicyclic amines) is 1. The Bertz CT molecular complexity index is 1220. The molecule has 0 radical (unpaired) electrons. The van der Waals surface area contributed by atoms with E-state index in [4.69, 9.17) is 14.6 Å². The van der Waals surface area contributed by atoms with Crippen LogP contribution in [0.1, 0.15) is 30.1 Å². The van der Waals surface area contributed by atoms with E-state index in [0.29, 0.717) is 12.7 Å². The molecule has 0 amide bonds. The third-order valence-corrected chi connectivity index (χ3v) is 6.15. The Labute approximate surface area is 180 Å². The van der Waals surface area contributed by atoms with Gasteiger partial charge in [-0.1, -0.05) is 36.4 Å². The maximum absolute atomic E-state index is 5.51. The Kier molecular flexibility index (Phi) is 4.53. The average Bonchev–Trinajstić information content (AvgIpc) is 3.46. The van der Waals surface area contributed by atoms with Crippen molar-refractivity contribution in [3.63, 3.8) is 0 Å². The van der Waals surface area contributed by atoms with Crippen LogP contribution in [0, 0.1) is 0 Å². The largest absolute Gasteiger partial charge is 0.454 e. The van der Waals surface area contributed by atoms with Crippen LogP contribution in [0.3, 0.4) is 0 Å². The molecule has 1 saturated heterocycles. The summed E-state index contributed by atoms with van der Waals surface area (Å²) in [6, 6.07) is 20.5. The molecule has 7 nitrogen and oxygen atoms in total. The van der Waals surface area contributed by atoms with Gasteiger partial charge in [-0.3, -0.25) is 4.90 Å². The number of ether oxygens (including phenoxy) is 2. The summed E-state index contributed by atoms with van der Waals surface area (Å²) in [4.78, 5) is 2.49. The standard InChI is InChI=1S/C24H23N5O2/c1-2-4-18(5-3-1)20-7-9-23-25-26-24(29(23)27-20)19-10-12-28(13-11-19)15-17-6-8-21-22(14-17)31-16-30-21/h1-9,14,19H,10-13,15-16H2. The highest BCUT2D eigenvalue weighted by atomic mass is 16.7. The first kappa shape index (κ1) is 18.3. The SMILES string of the molecule is c1ccc(-c2ccc3nnc(C4CCN(Cc5ccc6c(c5)OCO6)CC4)n3n2)cc1. The van der Waals surface area contributed by atoms with Crippen molar-refractivity contribution in [2.45, 2.75) is 25.3 Å². The highest BCUT2D eigenvalue weighted by molar-refractivity contribution is 5.60. The van der Waals surface area contributed by atoms with Gasteiger partial charge in [0.05, 0.1) is 5.69 Å². The minimum Gasteiger partial charge on any atom is -0.454 e. The van der Waals surface area contributed by atoms with Crippen LogP contribution in [0.2, 0.25) is 0 Å². The van der Waals surface area contributed by atoms with E-state index in [-0.39, 0.29) is 0 Å². The molecule has 7 heteroatoms. The van der Waals surface area contributed by atoms with E-state index in [9.17, 15) is 0 Å². The summed E-state index contributed by atoms with van der Waals surface area (Å²) in [6.07, 6.45) is 2.09. The molecule has 4 heterocycles. The van der Waals surface area contributed by atoms with E-state index in [0.717, 1.165) is 66.7 Å². The monoisotopic (exact) mass is 413 g/mol. The number of piperidine rings is 1. The highest BCUT2D eigenvalue weighted by Crippen LogP contribution is 2.34. The number of nitrogens with zero attached hydrogens (tertiary/aromatic N) is 5. The van der Waals surface area contributed by atoms with Gasteiger partial charge >= 0.3 is 0 Å². The predicted octanol–water partition coefficient (Wildman–Crippen LogP) is 3.90. The normalized spacial score (nSPS) is 16.8. The second kappa shape index (κ2) is 7.67. The van der Waals surface area contributed by atoms with E-state index in [2.05, 4.69) is 39.4 Å². The first-order valence-corrected chi connectivity index (χ1v) is 10.7. The van der Waals surface area contributed by atoms with Gasteiger partial charge in [-0.2, -0.15) is 9.61 Å². The van der Waals surface area contributed by atoms with Crippen LogP contribution in [-0.2, 0) is 6.54 Å².